The molecule has 2 N–H and O–H groups in total. The summed E-state index contributed by atoms with van der Waals surface area (Å²) in [6.45, 7) is 6.60. The second-order valence-electron chi connectivity index (χ2n) is 4.17. The van der Waals surface area contributed by atoms with Gasteiger partial charge in [0.2, 0.25) is 0 Å². The van der Waals surface area contributed by atoms with Gasteiger partial charge in [-0.05, 0) is 31.9 Å². The maximum Gasteiger partial charge on any atom is 0.0869 e. The van der Waals surface area contributed by atoms with Gasteiger partial charge in [0.1, 0.15) is 0 Å². The number of thioether (sulfide) groups is 1. The highest BCUT2D eigenvalue weighted by Gasteiger charge is 2.31. The van der Waals surface area contributed by atoms with E-state index in [1.807, 2.05) is 17.8 Å². The van der Waals surface area contributed by atoms with Crippen molar-refractivity contribution in [2.75, 3.05) is 18.1 Å². The van der Waals surface area contributed by atoms with Crippen LogP contribution in [0.3, 0.4) is 0 Å². The molecule has 1 aliphatic heterocycles. The minimum absolute atomic E-state index is 0.451. The molecule has 1 rings (SSSR count). The van der Waals surface area contributed by atoms with Crippen molar-refractivity contribution in [3.8, 4) is 0 Å². The van der Waals surface area contributed by atoms with Gasteiger partial charge < -0.3 is 10.4 Å². The molecule has 1 fully saturated rings. The van der Waals surface area contributed by atoms with Crippen molar-refractivity contribution >= 4 is 11.8 Å². The second kappa shape index (κ2) is 5.79. The molecule has 3 heteroatoms. The number of aliphatic hydroxyl groups is 1. The van der Waals surface area contributed by atoms with Gasteiger partial charge in [-0.2, -0.15) is 11.8 Å². The molecule has 0 saturated carbocycles. The topological polar surface area (TPSA) is 32.3 Å². The third-order valence-electron chi connectivity index (χ3n) is 2.67. The van der Waals surface area contributed by atoms with E-state index in [4.69, 9.17) is 0 Å². The zero-order valence-corrected chi connectivity index (χ0v) is 9.78. The van der Waals surface area contributed by atoms with Crippen molar-refractivity contribution in [3.63, 3.8) is 0 Å². The lowest BCUT2D eigenvalue weighted by Gasteiger charge is -2.24. The summed E-state index contributed by atoms with van der Waals surface area (Å²) < 4.78 is 0. The van der Waals surface area contributed by atoms with E-state index in [-0.39, 0.29) is 0 Å². The van der Waals surface area contributed by atoms with E-state index in [0.717, 1.165) is 37.3 Å². The lowest BCUT2D eigenvalue weighted by atomic mass is 10.0. The Labute approximate surface area is 91.2 Å². The van der Waals surface area contributed by atoms with Crippen molar-refractivity contribution < 1.29 is 5.11 Å². The zero-order valence-electron chi connectivity index (χ0n) is 8.96. The molecule has 2 nitrogen and oxygen atoms in total. The monoisotopic (exact) mass is 215 g/mol. The van der Waals surface area contributed by atoms with Gasteiger partial charge in [0.15, 0.2) is 0 Å². The molecule has 0 unspecified atom stereocenters. The van der Waals surface area contributed by atoms with E-state index >= 15 is 0 Å². The van der Waals surface area contributed by atoms with Crippen LogP contribution in [0.5, 0.6) is 0 Å². The first kappa shape index (κ1) is 12.1. The average molecular weight is 215 g/mol. The summed E-state index contributed by atoms with van der Waals surface area (Å²) in [6.07, 6.45) is 5.02. The predicted octanol–water partition coefficient (Wildman–Crippen LogP) is 1.80. The van der Waals surface area contributed by atoms with Gasteiger partial charge in [0.25, 0.3) is 0 Å². The van der Waals surface area contributed by atoms with Crippen LogP contribution in [0.4, 0.5) is 0 Å². The van der Waals surface area contributed by atoms with Crippen LogP contribution in [-0.2, 0) is 0 Å². The third-order valence-corrected chi connectivity index (χ3v) is 3.90. The lowest BCUT2D eigenvalue weighted by Crippen LogP contribution is -2.43. The quantitative estimate of drug-likeness (QED) is 0.663. The Kier molecular flexibility index (Phi) is 4.99. The van der Waals surface area contributed by atoms with Crippen molar-refractivity contribution in [2.45, 2.75) is 37.8 Å². The largest absolute Gasteiger partial charge is 0.388 e. The van der Waals surface area contributed by atoms with E-state index in [0.29, 0.717) is 6.04 Å². The number of allylic oxidation sites excluding steroid dienone is 1. The van der Waals surface area contributed by atoms with E-state index in [1.165, 1.54) is 0 Å². The van der Waals surface area contributed by atoms with E-state index in [1.54, 1.807) is 0 Å². The van der Waals surface area contributed by atoms with Crippen LogP contribution in [0.25, 0.3) is 0 Å². The minimum atomic E-state index is -0.451. The molecule has 1 heterocycles. The summed E-state index contributed by atoms with van der Waals surface area (Å²) in [5.74, 6) is 1.98. The van der Waals surface area contributed by atoms with Crippen LogP contribution in [-0.4, -0.2) is 34.8 Å². The van der Waals surface area contributed by atoms with E-state index < -0.39 is 5.60 Å². The molecule has 0 amide bonds. The van der Waals surface area contributed by atoms with Crippen molar-refractivity contribution in [3.05, 3.63) is 12.7 Å². The minimum Gasteiger partial charge on any atom is -0.388 e. The molecule has 0 aromatic carbocycles. The van der Waals surface area contributed by atoms with Crippen molar-refractivity contribution in [1.29, 1.82) is 0 Å². The Morgan fingerprint density at radius 2 is 2.50 bits per heavy atom. The van der Waals surface area contributed by atoms with Gasteiger partial charge >= 0.3 is 0 Å². The van der Waals surface area contributed by atoms with Crippen molar-refractivity contribution in [2.24, 2.45) is 0 Å². The molecule has 0 radical (unpaired) electrons. The molecule has 0 spiro atoms. The van der Waals surface area contributed by atoms with Gasteiger partial charge in [0.05, 0.1) is 5.60 Å². The van der Waals surface area contributed by atoms with Gasteiger partial charge in [-0.25, -0.2) is 0 Å². The molecule has 82 valence electrons. The van der Waals surface area contributed by atoms with E-state index in [9.17, 15) is 5.11 Å². The predicted molar refractivity (Wildman–Crippen MR) is 63.8 cm³/mol. The van der Waals surface area contributed by atoms with Gasteiger partial charge in [-0.3, -0.25) is 0 Å². The van der Waals surface area contributed by atoms with Crippen molar-refractivity contribution in [1.82, 2.24) is 5.32 Å². The summed E-state index contributed by atoms with van der Waals surface area (Å²) >= 11 is 1.84. The highest BCUT2D eigenvalue weighted by Crippen LogP contribution is 2.27. The first-order valence-corrected chi connectivity index (χ1v) is 6.46. The molecule has 1 aliphatic rings. The van der Waals surface area contributed by atoms with Crippen LogP contribution < -0.4 is 5.32 Å². The molecule has 0 bridgehead atoms. The fraction of sp³-hybridized carbons (Fsp3) is 0.818. The molecule has 0 aliphatic carbocycles. The Morgan fingerprint density at radius 3 is 3.07 bits per heavy atom. The lowest BCUT2D eigenvalue weighted by molar-refractivity contribution is 0.0649. The standard InChI is InChI=1S/C11H21NOS/c1-3-4-5-10(2)12-8-11(13)6-7-14-9-11/h3,10,12-13H,1,4-9H2,2H3/t10-,11+/m1/s1. The summed E-state index contributed by atoms with van der Waals surface area (Å²) in [4.78, 5) is 0. The zero-order chi connectivity index (χ0) is 10.4. The number of rotatable bonds is 6. The highest BCUT2D eigenvalue weighted by molar-refractivity contribution is 7.99. The fourth-order valence-corrected chi connectivity index (χ4v) is 2.87. The Bertz CT molecular complexity index is 178. The first-order valence-electron chi connectivity index (χ1n) is 5.31. The summed E-state index contributed by atoms with van der Waals surface area (Å²) in [6, 6.07) is 0.475. The van der Waals surface area contributed by atoms with Gasteiger partial charge in [0, 0.05) is 18.3 Å². The smallest absolute Gasteiger partial charge is 0.0869 e. The summed E-state index contributed by atoms with van der Waals surface area (Å²) in [7, 11) is 0. The molecule has 14 heavy (non-hydrogen) atoms. The number of hydrogen-bond acceptors (Lipinski definition) is 3. The third kappa shape index (κ3) is 4.03. The summed E-state index contributed by atoms with van der Waals surface area (Å²) in [5.41, 5.74) is -0.451. The Morgan fingerprint density at radius 1 is 1.71 bits per heavy atom. The summed E-state index contributed by atoms with van der Waals surface area (Å²) in [5, 5.41) is 13.5. The first-order chi connectivity index (χ1) is 6.66. The maximum absolute atomic E-state index is 10.1. The van der Waals surface area contributed by atoms with Gasteiger partial charge in [-0.15, -0.1) is 6.58 Å². The molecular formula is C11H21NOS. The van der Waals surface area contributed by atoms with Crippen LogP contribution in [0.15, 0.2) is 12.7 Å². The maximum atomic E-state index is 10.1. The van der Waals surface area contributed by atoms with Crippen LogP contribution >= 0.6 is 11.8 Å². The van der Waals surface area contributed by atoms with Gasteiger partial charge in [-0.1, -0.05) is 6.08 Å². The van der Waals surface area contributed by atoms with Crippen LogP contribution in [0.1, 0.15) is 26.2 Å². The van der Waals surface area contributed by atoms with E-state index in [2.05, 4.69) is 18.8 Å². The fourth-order valence-electron chi connectivity index (χ4n) is 1.57. The average Bonchev–Trinajstić information content (AvgIpc) is 2.60. The Balaban J connectivity index is 2.15. The molecule has 1 saturated heterocycles. The highest BCUT2D eigenvalue weighted by atomic mass is 32.2. The molecule has 0 aromatic rings. The molecule has 0 aromatic heterocycles. The number of nitrogens with one attached hydrogen (secondary N) is 1. The number of hydrogen-bond donors (Lipinski definition) is 2. The van der Waals surface area contributed by atoms with Crippen LogP contribution in [0, 0.1) is 0 Å². The Hall–Kier alpha value is 0.0100. The second-order valence-corrected chi connectivity index (χ2v) is 5.28. The SMILES string of the molecule is C=CCC[C@@H](C)NC[C@@]1(O)CCSC1. The molecular weight excluding hydrogens is 194 g/mol. The normalized spacial score (nSPS) is 29.0. The van der Waals surface area contributed by atoms with Crippen LogP contribution in [0.2, 0.25) is 0 Å². The molecule has 2 atom stereocenters.